The third-order valence-electron chi connectivity index (χ3n) is 3.14. The molecule has 0 aromatic carbocycles. The molecule has 0 saturated heterocycles. The molecule has 0 aromatic rings. The van der Waals surface area contributed by atoms with E-state index in [0.29, 0.717) is 0 Å². The summed E-state index contributed by atoms with van der Waals surface area (Å²) in [5.74, 6) is 0. The largest absolute Gasteiger partial charge is 0.444 e. The molecule has 1 saturated carbocycles. The zero-order valence-corrected chi connectivity index (χ0v) is 11.6. The van der Waals surface area contributed by atoms with Gasteiger partial charge in [0.05, 0.1) is 0 Å². The third kappa shape index (κ3) is 2.89. The fraction of sp³-hybridized carbons (Fsp3) is 0.923. The highest BCUT2D eigenvalue weighted by Crippen LogP contribution is 2.53. The topological polar surface area (TPSA) is 38.3 Å². The molecular weight excluding hydrogens is 202 g/mol. The van der Waals surface area contributed by atoms with E-state index < -0.39 is 5.60 Å². The van der Waals surface area contributed by atoms with Crippen molar-refractivity contribution in [3.63, 3.8) is 0 Å². The van der Waals surface area contributed by atoms with Gasteiger partial charge in [-0.3, -0.25) is 0 Å². The Balaban J connectivity index is 2.57. The van der Waals surface area contributed by atoms with Gasteiger partial charge in [-0.2, -0.15) is 0 Å². The number of nitrogens with one attached hydrogen (secondary N) is 1. The monoisotopic (exact) mass is 227 g/mol. The summed E-state index contributed by atoms with van der Waals surface area (Å²) in [5.41, 5.74) is -0.0943. The Morgan fingerprint density at radius 2 is 1.62 bits per heavy atom. The Morgan fingerprint density at radius 3 is 1.94 bits per heavy atom. The van der Waals surface area contributed by atoms with Gasteiger partial charge >= 0.3 is 6.09 Å². The molecule has 1 rings (SSSR count). The van der Waals surface area contributed by atoms with Crippen molar-refractivity contribution in [1.82, 2.24) is 5.32 Å². The molecule has 0 spiro atoms. The summed E-state index contributed by atoms with van der Waals surface area (Å²) in [7, 11) is 0. The molecule has 0 atom stereocenters. The first-order chi connectivity index (χ1) is 6.94. The van der Waals surface area contributed by atoms with Crippen LogP contribution in [0.2, 0.25) is 0 Å². The molecule has 0 heterocycles. The van der Waals surface area contributed by atoms with E-state index in [1.165, 1.54) is 0 Å². The molecule has 3 nitrogen and oxygen atoms in total. The number of ether oxygens (including phenoxy) is 1. The average Bonchev–Trinajstić information content (AvgIpc) is 1.94. The van der Waals surface area contributed by atoms with Gasteiger partial charge in [0, 0.05) is 6.04 Å². The van der Waals surface area contributed by atoms with Gasteiger partial charge in [0.2, 0.25) is 0 Å². The fourth-order valence-electron chi connectivity index (χ4n) is 3.12. The molecule has 0 aromatic heterocycles. The minimum atomic E-state index is -0.428. The fourth-order valence-corrected chi connectivity index (χ4v) is 3.12. The first-order valence-electron chi connectivity index (χ1n) is 5.94. The molecule has 94 valence electrons. The van der Waals surface area contributed by atoms with E-state index in [2.05, 4.69) is 33.0 Å². The van der Waals surface area contributed by atoms with E-state index in [4.69, 9.17) is 4.74 Å². The van der Waals surface area contributed by atoms with Crippen LogP contribution in [0.5, 0.6) is 0 Å². The summed E-state index contributed by atoms with van der Waals surface area (Å²) in [5, 5.41) is 2.99. The van der Waals surface area contributed by atoms with Gasteiger partial charge in [-0.05, 0) is 38.0 Å². The number of hydrogen-bond donors (Lipinski definition) is 1. The van der Waals surface area contributed by atoms with Crippen molar-refractivity contribution < 1.29 is 9.53 Å². The van der Waals surface area contributed by atoms with Crippen LogP contribution in [0.3, 0.4) is 0 Å². The van der Waals surface area contributed by atoms with Crippen molar-refractivity contribution in [2.75, 3.05) is 0 Å². The molecule has 1 amide bonds. The maximum Gasteiger partial charge on any atom is 0.407 e. The van der Waals surface area contributed by atoms with Crippen LogP contribution in [-0.2, 0) is 4.74 Å². The molecule has 0 aliphatic heterocycles. The Morgan fingerprint density at radius 1 is 1.19 bits per heavy atom. The van der Waals surface area contributed by atoms with E-state index in [9.17, 15) is 4.79 Å². The highest BCUT2D eigenvalue weighted by Gasteiger charge is 2.53. The Bertz CT molecular complexity index is 273. The second-order valence-electron chi connectivity index (χ2n) is 7.23. The molecule has 0 bridgehead atoms. The maximum atomic E-state index is 11.7. The minimum Gasteiger partial charge on any atom is -0.444 e. The molecule has 1 fully saturated rings. The number of rotatable bonds is 1. The first kappa shape index (κ1) is 13.3. The lowest BCUT2D eigenvalue weighted by molar-refractivity contribution is -0.0461. The number of amides is 1. The van der Waals surface area contributed by atoms with Gasteiger partial charge in [-0.1, -0.05) is 27.7 Å². The van der Waals surface area contributed by atoms with Crippen LogP contribution >= 0.6 is 0 Å². The Kier molecular flexibility index (Phi) is 3.03. The highest BCUT2D eigenvalue weighted by atomic mass is 16.6. The predicted octanol–water partition coefficient (Wildman–Crippen LogP) is 3.34. The predicted molar refractivity (Wildman–Crippen MR) is 65.3 cm³/mol. The van der Waals surface area contributed by atoms with E-state index in [-0.39, 0.29) is 23.0 Å². The van der Waals surface area contributed by atoms with Crippen LogP contribution in [0.1, 0.15) is 54.9 Å². The van der Waals surface area contributed by atoms with Crippen LogP contribution in [0, 0.1) is 10.8 Å². The third-order valence-corrected chi connectivity index (χ3v) is 3.14. The summed E-state index contributed by atoms with van der Waals surface area (Å²) in [6.45, 7) is 14.4. The molecule has 16 heavy (non-hydrogen) atoms. The van der Waals surface area contributed by atoms with Gasteiger partial charge in [0.1, 0.15) is 5.60 Å². The van der Waals surface area contributed by atoms with Crippen molar-refractivity contribution in [1.29, 1.82) is 0 Å². The van der Waals surface area contributed by atoms with Crippen LogP contribution in [0.4, 0.5) is 4.79 Å². The number of carbonyl (C=O) groups is 1. The quantitative estimate of drug-likeness (QED) is 0.746. The van der Waals surface area contributed by atoms with E-state index in [1.54, 1.807) is 0 Å². The molecule has 1 N–H and O–H groups in total. The summed E-state index contributed by atoms with van der Waals surface area (Å²) < 4.78 is 5.28. The first-order valence-corrected chi connectivity index (χ1v) is 5.94. The summed E-state index contributed by atoms with van der Waals surface area (Å²) >= 11 is 0. The lowest BCUT2D eigenvalue weighted by Crippen LogP contribution is -2.63. The molecule has 1 aliphatic rings. The molecule has 0 unspecified atom stereocenters. The SMILES string of the molecule is CC(C)(C)OC(=O)NC1C(C)(C)CC1(C)C. The second-order valence-corrected chi connectivity index (χ2v) is 7.23. The Labute approximate surface area is 98.9 Å². The number of carbonyl (C=O) groups excluding carboxylic acids is 1. The lowest BCUT2D eigenvalue weighted by Gasteiger charge is -2.57. The minimum absolute atomic E-state index is 0.167. The standard InChI is InChI=1S/C13H25NO2/c1-11(2,3)16-10(15)14-9-12(4,5)8-13(9,6)7/h9H,8H2,1-7H3,(H,14,15). The highest BCUT2D eigenvalue weighted by molar-refractivity contribution is 5.68. The van der Waals surface area contributed by atoms with Crippen molar-refractivity contribution in [3.8, 4) is 0 Å². The molecule has 0 radical (unpaired) electrons. The van der Waals surface area contributed by atoms with Crippen molar-refractivity contribution in [2.45, 2.75) is 66.5 Å². The van der Waals surface area contributed by atoms with Gasteiger partial charge in [-0.15, -0.1) is 0 Å². The molecule has 1 aliphatic carbocycles. The summed E-state index contributed by atoms with van der Waals surface area (Å²) in [4.78, 5) is 11.7. The summed E-state index contributed by atoms with van der Waals surface area (Å²) in [6, 6.07) is 0.190. The number of hydrogen-bond acceptors (Lipinski definition) is 2. The average molecular weight is 227 g/mol. The smallest absolute Gasteiger partial charge is 0.407 e. The number of alkyl carbamates (subject to hydrolysis) is 1. The van der Waals surface area contributed by atoms with Crippen LogP contribution < -0.4 is 5.32 Å². The molecular formula is C13H25NO2. The van der Waals surface area contributed by atoms with E-state index in [0.717, 1.165) is 6.42 Å². The zero-order chi connectivity index (χ0) is 12.8. The van der Waals surface area contributed by atoms with Crippen molar-refractivity contribution >= 4 is 6.09 Å². The van der Waals surface area contributed by atoms with Crippen LogP contribution in [0.25, 0.3) is 0 Å². The van der Waals surface area contributed by atoms with Crippen molar-refractivity contribution in [3.05, 3.63) is 0 Å². The van der Waals surface area contributed by atoms with Gasteiger partial charge in [-0.25, -0.2) is 4.79 Å². The van der Waals surface area contributed by atoms with Gasteiger partial charge in [0.25, 0.3) is 0 Å². The van der Waals surface area contributed by atoms with Gasteiger partial charge < -0.3 is 10.1 Å². The summed E-state index contributed by atoms with van der Waals surface area (Å²) in [6.07, 6.45) is 0.818. The zero-order valence-electron chi connectivity index (χ0n) is 11.6. The van der Waals surface area contributed by atoms with Crippen LogP contribution in [-0.4, -0.2) is 17.7 Å². The lowest BCUT2D eigenvalue weighted by atomic mass is 9.52. The maximum absolute atomic E-state index is 11.7. The van der Waals surface area contributed by atoms with E-state index >= 15 is 0 Å². The molecule has 3 heteroatoms. The van der Waals surface area contributed by atoms with Crippen LogP contribution in [0.15, 0.2) is 0 Å². The normalized spacial score (nSPS) is 23.4. The van der Waals surface area contributed by atoms with Crippen molar-refractivity contribution in [2.24, 2.45) is 10.8 Å². The second kappa shape index (κ2) is 3.64. The van der Waals surface area contributed by atoms with Gasteiger partial charge in [0.15, 0.2) is 0 Å². The Hall–Kier alpha value is -0.730. The van der Waals surface area contributed by atoms with E-state index in [1.807, 2.05) is 20.8 Å².